The van der Waals surface area contributed by atoms with Crippen LogP contribution in [-0.4, -0.2) is 75.4 Å². The SMILES string of the molecule is c1cc(Nc2nc(Nc3ccc4[nH]ncc4c3)c3sccc3n2)cc(Sc2ccncc2)c1.c1cncc(-c2ccc(Nc3nc(Nc4ccc5[nH]ncc5c4)c4sccc4n3)cc2)c1.c1cncc(Sc2cccc(Nc3nc(Nc4ccc5[nH]ncc5c4)c4sccc4n3)c2)c1. The summed E-state index contributed by atoms with van der Waals surface area (Å²) < 4.78 is 3.03. The van der Waals surface area contributed by atoms with Gasteiger partial charge in [0.2, 0.25) is 17.8 Å². The Morgan fingerprint density at radius 1 is 0.296 bits per heavy atom. The molecule has 0 saturated heterocycles. The summed E-state index contributed by atoms with van der Waals surface area (Å²) in [6, 6.07) is 60.7. The van der Waals surface area contributed by atoms with Gasteiger partial charge in [-0.05, 0) is 179 Å². The van der Waals surface area contributed by atoms with Gasteiger partial charge in [0.15, 0.2) is 17.5 Å². The number of nitrogens with one attached hydrogen (secondary N) is 9. The van der Waals surface area contributed by atoms with Gasteiger partial charge in [0.05, 0.1) is 65.8 Å². The maximum Gasteiger partial charge on any atom is 0.229 e. The fraction of sp³-hybridized carbons (Fsp3) is 0. The van der Waals surface area contributed by atoms with E-state index >= 15 is 0 Å². The van der Waals surface area contributed by atoms with E-state index in [1.165, 1.54) is 0 Å². The first-order chi connectivity index (χ1) is 48.4. The molecular weight excluding hydrogens is 1320 g/mol. The van der Waals surface area contributed by atoms with E-state index in [0.29, 0.717) is 17.8 Å². The number of pyridine rings is 3. The van der Waals surface area contributed by atoms with Gasteiger partial charge in [-0.15, -0.1) is 34.0 Å². The number of nitrogens with zero attached hydrogens (tertiary/aromatic N) is 12. The van der Waals surface area contributed by atoms with E-state index in [1.807, 2.05) is 193 Å². The zero-order valence-electron chi connectivity index (χ0n) is 51.2. The molecule has 6 aromatic carbocycles. The summed E-state index contributed by atoms with van der Waals surface area (Å²) in [4.78, 5) is 45.3. The molecule has 0 amide bonds. The molecule has 18 aromatic rings. The monoisotopic (exact) mass is 1370 g/mol. The highest BCUT2D eigenvalue weighted by atomic mass is 32.2. The van der Waals surface area contributed by atoms with Crippen LogP contribution in [0.4, 0.5) is 69.4 Å². The second-order valence-corrected chi connectivity index (χ2v) is 26.9. The van der Waals surface area contributed by atoms with Crippen molar-refractivity contribution < 1.29 is 0 Å². The molecule has 26 heteroatoms. The van der Waals surface area contributed by atoms with Crippen molar-refractivity contribution in [2.75, 3.05) is 31.9 Å². The maximum absolute atomic E-state index is 4.78. The van der Waals surface area contributed by atoms with Gasteiger partial charge in [-0.3, -0.25) is 30.2 Å². The lowest BCUT2D eigenvalue weighted by atomic mass is 10.1. The highest BCUT2D eigenvalue weighted by Gasteiger charge is 2.16. The second-order valence-electron chi connectivity index (χ2n) is 21.8. The van der Waals surface area contributed by atoms with Crippen molar-refractivity contribution in [3.05, 3.63) is 254 Å². The zero-order valence-corrected chi connectivity index (χ0v) is 55.2. The Morgan fingerprint density at radius 3 is 1.16 bits per heavy atom. The molecule has 0 aliphatic carbocycles. The van der Waals surface area contributed by atoms with Crippen LogP contribution < -0.4 is 31.9 Å². The molecule has 9 N–H and O–H groups in total. The molecule has 0 radical (unpaired) electrons. The minimum Gasteiger partial charge on any atom is -0.339 e. The summed E-state index contributed by atoms with van der Waals surface area (Å²) in [6.45, 7) is 0. The van der Waals surface area contributed by atoms with Crippen molar-refractivity contribution in [3.63, 3.8) is 0 Å². The van der Waals surface area contributed by atoms with Crippen LogP contribution in [0.25, 0.3) is 74.5 Å². The Labute approximate surface area is 578 Å². The lowest BCUT2D eigenvalue weighted by Crippen LogP contribution is -2.01. The maximum atomic E-state index is 4.78. The second kappa shape index (κ2) is 28.0. The van der Waals surface area contributed by atoms with Gasteiger partial charge in [-0.25, -0.2) is 15.0 Å². The lowest BCUT2D eigenvalue weighted by Gasteiger charge is -2.11. The Bertz CT molecular complexity index is 5530. The summed E-state index contributed by atoms with van der Waals surface area (Å²) in [5, 5.41) is 50.8. The van der Waals surface area contributed by atoms with E-state index in [2.05, 4.69) is 119 Å². The van der Waals surface area contributed by atoms with Crippen molar-refractivity contribution in [2.45, 2.75) is 19.6 Å². The Balaban J connectivity index is 0.000000115. The van der Waals surface area contributed by atoms with Crippen LogP contribution in [-0.2, 0) is 0 Å². The Morgan fingerprint density at radius 2 is 0.714 bits per heavy atom. The van der Waals surface area contributed by atoms with Gasteiger partial charge < -0.3 is 31.9 Å². The third kappa shape index (κ3) is 14.2. The van der Waals surface area contributed by atoms with Gasteiger partial charge in [0.25, 0.3) is 0 Å². The molecule has 12 aromatic heterocycles. The number of aromatic nitrogens is 15. The third-order valence-electron chi connectivity index (χ3n) is 15.1. The topological polar surface area (TPSA) is 274 Å². The van der Waals surface area contributed by atoms with Gasteiger partial charge in [0.1, 0.15) is 0 Å². The van der Waals surface area contributed by atoms with Gasteiger partial charge in [0, 0.05) is 107 Å². The molecule has 0 spiro atoms. The predicted octanol–water partition coefficient (Wildman–Crippen LogP) is 19.3. The van der Waals surface area contributed by atoms with E-state index in [9.17, 15) is 0 Å². The molecule has 0 aliphatic rings. The fourth-order valence-corrected chi connectivity index (χ4v) is 14.6. The van der Waals surface area contributed by atoms with Crippen LogP contribution in [0.1, 0.15) is 0 Å². The van der Waals surface area contributed by atoms with Crippen molar-refractivity contribution in [3.8, 4) is 11.1 Å². The summed E-state index contributed by atoms with van der Waals surface area (Å²) >= 11 is 8.19. The molecule has 0 saturated carbocycles. The third-order valence-corrected chi connectivity index (χ3v) is 19.8. The van der Waals surface area contributed by atoms with E-state index in [-0.39, 0.29) is 0 Å². The molecule has 0 aliphatic heterocycles. The predicted molar refractivity (Wildman–Crippen MR) is 399 cm³/mol. The number of rotatable bonds is 17. The normalized spacial score (nSPS) is 11.1. The van der Waals surface area contributed by atoms with Crippen molar-refractivity contribution in [1.29, 1.82) is 0 Å². The van der Waals surface area contributed by atoms with E-state index in [4.69, 9.17) is 24.9 Å². The molecule has 98 heavy (non-hydrogen) atoms. The first-order valence-corrected chi connectivity index (χ1v) is 34.7. The number of H-pyrrole nitrogens is 3. The first kappa shape index (κ1) is 60.7. The van der Waals surface area contributed by atoms with E-state index in [1.54, 1.807) is 82.3 Å². The van der Waals surface area contributed by atoms with Crippen molar-refractivity contribution in [1.82, 2.24) is 75.4 Å². The number of fused-ring (bicyclic) bond motifs is 6. The first-order valence-electron chi connectivity index (χ1n) is 30.5. The van der Waals surface area contributed by atoms with Crippen molar-refractivity contribution >= 4 is 190 Å². The number of thiophene rings is 3. The lowest BCUT2D eigenvalue weighted by molar-refractivity contribution is 1.12. The van der Waals surface area contributed by atoms with E-state index in [0.717, 1.165) is 146 Å². The number of aromatic amines is 3. The molecule has 0 atom stereocenters. The van der Waals surface area contributed by atoms with Crippen LogP contribution in [0.2, 0.25) is 0 Å². The van der Waals surface area contributed by atoms with Crippen LogP contribution >= 0.6 is 57.5 Å². The standard InChI is InChI=1S/2C24H17N7S2.C24H17N7S/c1-3-16(12-18(4-1)33-19-5-2-9-25-14-19)28-24-29-21-8-10-32-22(21)23(30-24)27-17-6-7-20-15(11-17)13-26-31-20;1-2-16(13-19(3-1)33-18-6-9-25-10-7-18)28-24-29-21-8-11-32-22(21)23(30-24)27-17-4-5-20-15(12-17)14-26-31-20;1-2-16(13-25-10-1)15-3-5-18(6-4-15)28-24-29-21-9-11-32-22(21)23(30-24)27-19-7-8-20-17(12-19)14-26-31-20/h2*1-14H,(H,26,31)(H2,27,28,29,30);1-14H,(H,26,31)(H2,27,28,29,30). The molecule has 0 unspecified atom stereocenters. The summed E-state index contributed by atoms with van der Waals surface area (Å²) in [6.07, 6.45) is 16.3. The zero-order chi connectivity index (χ0) is 65.4. The van der Waals surface area contributed by atoms with Crippen LogP contribution in [0.15, 0.2) is 273 Å². The number of benzene rings is 6. The quantitative estimate of drug-likeness (QED) is 0.0410. The molecule has 21 nitrogen and oxygen atoms in total. The Kier molecular flexibility index (Phi) is 17.4. The average molecular weight is 1370 g/mol. The molecule has 18 rings (SSSR count). The number of hydrogen-bond donors (Lipinski definition) is 9. The summed E-state index contributed by atoms with van der Waals surface area (Å²) in [5.74, 6) is 3.92. The molecule has 12 heterocycles. The summed E-state index contributed by atoms with van der Waals surface area (Å²) in [7, 11) is 0. The fourth-order valence-electron chi connectivity index (χ4n) is 10.5. The van der Waals surface area contributed by atoms with Crippen LogP contribution in [0, 0.1) is 0 Å². The summed E-state index contributed by atoms with van der Waals surface area (Å²) in [5.41, 5.74) is 13.4. The minimum atomic E-state index is 0.538. The van der Waals surface area contributed by atoms with Gasteiger partial charge >= 0.3 is 0 Å². The molecule has 0 bridgehead atoms. The largest absolute Gasteiger partial charge is 0.339 e. The highest BCUT2D eigenvalue weighted by Crippen LogP contribution is 2.37. The smallest absolute Gasteiger partial charge is 0.229 e. The minimum absolute atomic E-state index is 0.538. The molecule has 0 fully saturated rings. The number of hydrogen-bond acceptors (Lipinski definition) is 23. The van der Waals surface area contributed by atoms with E-state index < -0.39 is 0 Å². The average Bonchev–Trinajstić information content (AvgIpc) is 1.57. The van der Waals surface area contributed by atoms with Crippen LogP contribution in [0.5, 0.6) is 0 Å². The van der Waals surface area contributed by atoms with Gasteiger partial charge in [-0.2, -0.15) is 30.2 Å². The van der Waals surface area contributed by atoms with Gasteiger partial charge in [-0.1, -0.05) is 53.9 Å². The molecular formula is C72H51N21S5. The highest BCUT2D eigenvalue weighted by molar-refractivity contribution is 7.99. The molecule has 474 valence electrons. The number of anilines is 12. The van der Waals surface area contributed by atoms with Crippen molar-refractivity contribution in [2.24, 2.45) is 0 Å². The Hall–Kier alpha value is -12.2. The van der Waals surface area contributed by atoms with Crippen LogP contribution in [0.3, 0.4) is 0 Å².